The van der Waals surface area contributed by atoms with Gasteiger partial charge in [0.05, 0.1) is 5.02 Å². The summed E-state index contributed by atoms with van der Waals surface area (Å²) in [5.41, 5.74) is 1.30. The zero-order valence-electron chi connectivity index (χ0n) is 6.20. The number of hydrogen-bond acceptors (Lipinski definition) is 1. The molecule has 1 aromatic rings. The Hall–Kier alpha value is -0.0500. The second-order valence-electron chi connectivity index (χ2n) is 2.33. The quantitative estimate of drug-likeness (QED) is 0.708. The number of carbonyl (C=O) groups excluding carboxylic acids is 1. The van der Waals surface area contributed by atoms with E-state index < -0.39 is 5.24 Å². The summed E-state index contributed by atoms with van der Waals surface area (Å²) < 4.78 is 0.559. The average Bonchev–Trinajstić information content (AvgIpc) is 2.00. The van der Waals surface area contributed by atoms with Gasteiger partial charge in [-0.15, -0.1) is 0 Å². The molecule has 0 aliphatic rings. The van der Waals surface area contributed by atoms with Crippen molar-refractivity contribution in [1.29, 1.82) is 0 Å². The first kappa shape index (κ1) is 10.0. The van der Waals surface area contributed by atoms with E-state index in [0.29, 0.717) is 15.1 Å². The molecule has 1 aromatic carbocycles. The van der Waals surface area contributed by atoms with Gasteiger partial charge in [-0.25, -0.2) is 0 Å². The number of aryl methyl sites for hydroxylation is 1. The van der Waals surface area contributed by atoms with Crippen molar-refractivity contribution < 1.29 is 4.79 Å². The van der Waals surface area contributed by atoms with Gasteiger partial charge in [0.15, 0.2) is 0 Å². The molecule has 0 amide bonds. The molecule has 0 aliphatic heterocycles. The Morgan fingerprint density at radius 1 is 1.50 bits per heavy atom. The van der Waals surface area contributed by atoms with Gasteiger partial charge in [0.25, 0.3) is 5.24 Å². The van der Waals surface area contributed by atoms with E-state index in [9.17, 15) is 4.79 Å². The smallest absolute Gasteiger partial charge is 0.253 e. The molecule has 64 valence electrons. The molecular formula is C8H5BrCl2O. The van der Waals surface area contributed by atoms with Crippen LogP contribution >= 0.6 is 39.1 Å². The average molecular weight is 268 g/mol. The fourth-order valence-corrected chi connectivity index (χ4v) is 1.86. The molecule has 0 bridgehead atoms. The summed E-state index contributed by atoms with van der Waals surface area (Å²) in [6, 6.07) is 3.39. The minimum absolute atomic E-state index is 0.396. The Morgan fingerprint density at radius 3 is 2.58 bits per heavy atom. The topological polar surface area (TPSA) is 17.1 Å². The highest BCUT2D eigenvalue weighted by molar-refractivity contribution is 9.10. The first-order chi connectivity index (χ1) is 5.54. The summed E-state index contributed by atoms with van der Waals surface area (Å²) in [4.78, 5) is 10.8. The van der Waals surface area contributed by atoms with Gasteiger partial charge in [-0.1, -0.05) is 17.7 Å². The zero-order chi connectivity index (χ0) is 9.30. The third-order valence-corrected chi connectivity index (χ3v) is 3.23. The Balaban J connectivity index is 3.36. The van der Waals surface area contributed by atoms with Crippen molar-refractivity contribution in [2.75, 3.05) is 0 Å². The van der Waals surface area contributed by atoms with Gasteiger partial charge < -0.3 is 0 Å². The molecule has 0 unspecified atom stereocenters. The maximum absolute atomic E-state index is 10.8. The molecule has 0 heterocycles. The van der Waals surface area contributed by atoms with Crippen LogP contribution in [0.1, 0.15) is 15.9 Å². The minimum atomic E-state index is -0.510. The highest BCUT2D eigenvalue weighted by atomic mass is 79.9. The molecule has 0 fully saturated rings. The van der Waals surface area contributed by atoms with Crippen LogP contribution in [0.5, 0.6) is 0 Å². The van der Waals surface area contributed by atoms with Crippen molar-refractivity contribution in [2.24, 2.45) is 0 Å². The van der Waals surface area contributed by atoms with E-state index in [0.717, 1.165) is 5.56 Å². The molecular weight excluding hydrogens is 263 g/mol. The fourth-order valence-electron chi connectivity index (χ4n) is 0.798. The number of rotatable bonds is 1. The van der Waals surface area contributed by atoms with Gasteiger partial charge in [0.2, 0.25) is 0 Å². The van der Waals surface area contributed by atoms with Crippen molar-refractivity contribution in [1.82, 2.24) is 0 Å². The van der Waals surface area contributed by atoms with Crippen molar-refractivity contribution in [3.05, 3.63) is 32.8 Å². The lowest BCUT2D eigenvalue weighted by Crippen LogP contribution is -1.92. The van der Waals surface area contributed by atoms with E-state index in [2.05, 4.69) is 15.9 Å². The Labute approximate surface area is 88.8 Å². The third kappa shape index (κ3) is 1.82. The van der Waals surface area contributed by atoms with Crippen LogP contribution < -0.4 is 0 Å². The van der Waals surface area contributed by atoms with E-state index in [1.165, 1.54) is 0 Å². The van der Waals surface area contributed by atoms with Crippen LogP contribution in [0.3, 0.4) is 0 Å². The van der Waals surface area contributed by atoms with Gasteiger partial charge in [-0.2, -0.15) is 0 Å². The highest BCUT2D eigenvalue weighted by Gasteiger charge is 2.11. The van der Waals surface area contributed by atoms with Gasteiger partial charge in [-0.3, -0.25) is 4.79 Å². The molecule has 1 rings (SSSR count). The van der Waals surface area contributed by atoms with E-state index in [1.807, 2.05) is 6.92 Å². The summed E-state index contributed by atoms with van der Waals surface area (Å²) in [5.74, 6) is 0. The van der Waals surface area contributed by atoms with Gasteiger partial charge in [0, 0.05) is 10.0 Å². The maximum Gasteiger partial charge on any atom is 0.253 e. The Bertz CT molecular complexity index is 336. The second-order valence-corrected chi connectivity index (χ2v) is 3.85. The molecule has 0 atom stereocenters. The van der Waals surface area contributed by atoms with E-state index in [4.69, 9.17) is 23.2 Å². The third-order valence-electron chi connectivity index (χ3n) is 1.49. The highest BCUT2D eigenvalue weighted by Crippen LogP contribution is 2.30. The lowest BCUT2D eigenvalue weighted by molar-refractivity contribution is 0.108. The van der Waals surface area contributed by atoms with Gasteiger partial charge >= 0.3 is 0 Å². The first-order valence-corrected chi connectivity index (χ1v) is 4.73. The molecule has 4 heteroatoms. The second kappa shape index (κ2) is 3.77. The van der Waals surface area contributed by atoms with E-state index in [-0.39, 0.29) is 0 Å². The van der Waals surface area contributed by atoms with Crippen LogP contribution in [-0.2, 0) is 0 Å². The molecule has 0 N–H and O–H groups in total. The number of hydrogen-bond donors (Lipinski definition) is 0. The number of carbonyl (C=O) groups is 1. The lowest BCUT2D eigenvalue weighted by Gasteiger charge is -2.03. The van der Waals surface area contributed by atoms with Crippen molar-refractivity contribution in [3.8, 4) is 0 Å². The Kier molecular flexibility index (Phi) is 3.16. The standard InChI is InChI=1S/C8H5BrCl2O/c1-4-2-3-5(8(11)12)6(9)7(4)10/h2-3H,1H3. The summed E-state index contributed by atoms with van der Waals surface area (Å²) in [6.07, 6.45) is 0. The summed E-state index contributed by atoms with van der Waals surface area (Å²) in [7, 11) is 0. The summed E-state index contributed by atoms with van der Waals surface area (Å²) in [5, 5.41) is 0.0188. The molecule has 0 aliphatic carbocycles. The lowest BCUT2D eigenvalue weighted by atomic mass is 10.2. The van der Waals surface area contributed by atoms with Gasteiger partial charge in [-0.05, 0) is 46.1 Å². The molecule has 0 saturated heterocycles. The number of halogens is 3. The minimum Gasteiger partial charge on any atom is -0.276 e. The SMILES string of the molecule is Cc1ccc(C(=O)Cl)c(Br)c1Cl. The number of benzene rings is 1. The Morgan fingerprint density at radius 2 is 2.08 bits per heavy atom. The van der Waals surface area contributed by atoms with Crippen LogP contribution in [0.25, 0.3) is 0 Å². The molecule has 0 spiro atoms. The predicted octanol–water partition coefficient (Wildman–Crippen LogP) is 3.79. The summed E-state index contributed by atoms with van der Waals surface area (Å²) >= 11 is 14.4. The molecule has 12 heavy (non-hydrogen) atoms. The normalized spacial score (nSPS) is 10.0. The van der Waals surface area contributed by atoms with Crippen LogP contribution in [0.4, 0.5) is 0 Å². The van der Waals surface area contributed by atoms with E-state index in [1.54, 1.807) is 12.1 Å². The first-order valence-electron chi connectivity index (χ1n) is 3.18. The fraction of sp³-hybridized carbons (Fsp3) is 0.125. The largest absolute Gasteiger partial charge is 0.276 e. The maximum atomic E-state index is 10.8. The van der Waals surface area contributed by atoms with Crippen LogP contribution in [0.2, 0.25) is 5.02 Å². The van der Waals surface area contributed by atoms with Crippen molar-refractivity contribution >= 4 is 44.4 Å². The molecule has 0 radical (unpaired) electrons. The molecule has 0 saturated carbocycles. The van der Waals surface area contributed by atoms with Gasteiger partial charge in [0.1, 0.15) is 0 Å². The predicted molar refractivity (Wildman–Crippen MR) is 54.1 cm³/mol. The summed E-state index contributed by atoms with van der Waals surface area (Å²) in [6.45, 7) is 1.86. The molecule has 0 aromatic heterocycles. The van der Waals surface area contributed by atoms with E-state index >= 15 is 0 Å². The van der Waals surface area contributed by atoms with Crippen molar-refractivity contribution in [2.45, 2.75) is 6.92 Å². The van der Waals surface area contributed by atoms with Crippen molar-refractivity contribution in [3.63, 3.8) is 0 Å². The monoisotopic (exact) mass is 266 g/mol. The van der Waals surface area contributed by atoms with Crippen LogP contribution in [-0.4, -0.2) is 5.24 Å². The zero-order valence-corrected chi connectivity index (χ0v) is 9.29. The van der Waals surface area contributed by atoms with Crippen LogP contribution in [0, 0.1) is 6.92 Å². The van der Waals surface area contributed by atoms with Crippen LogP contribution in [0.15, 0.2) is 16.6 Å². The molecule has 1 nitrogen and oxygen atoms in total.